The maximum absolute atomic E-state index is 5.59. The molecule has 1 heterocycles. The normalized spacial score (nSPS) is 30.0. The van der Waals surface area contributed by atoms with Gasteiger partial charge in [-0.3, -0.25) is 0 Å². The fourth-order valence-electron chi connectivity index (χ4n) is 2.90. The third-order valence-corrected chi connectivity index (χ3v) is 4.36. The van der Waals surface area contributed by atoms with Gasteiger partial charge in [0.05, 0.1) is 6.10 Å². The highest BCUT2D eigenvalue weighted by Gasteiger charge is 2.30. The summed E-state index contributed by atoms with van der Waals surface area (Å²) < 4.78 is 5.59. The molecule has 0 saturated carbocycles. The predicted octanol–water partition coefficient (Wildman–Crippen LogP) is 2.51. The van der Waals surface area contributed by atoms with Crippen molar-refractivity contribution in [2.75, 3.05) is 26.7 Å². The molecule has 1 aliphatic rings. The number of nitrogens with zero attached hydrogens (tertiary/aromatic N) is 1. The summed E-state index contributed by atoms with van der Waals surface area (Å²) in [6, 6.07) is 1.39. The van der Waals surface area contributed by atoms with Crippen LogP contribution >= 0.6 is 0 Å². The van der Waals surface area contributed by atoms with Crippen molar-refractivity contribution >= 4 is 0 Å². The lowest BCUT2D eigenvalue weighted by molar-refractivity contribution is 0.0631. The van der Waals surface area contributed by atoms with Gasteiger partial charge in [-0.2, -0.15) is 0 Å². The SMILES string of the molecule is CNC1CCN(CCCCOC(C)C)C(C)C1C. The van der Waals surface area contributed by atoms with Crippen LogP contribution in [0.1, 0.15) is 47.0 Å². The summed E-state index contributed by atoms with van der Waals surface area (Å²) in [5.41, 5.74) is 0. The van der Waals surface area contributed by atoms with Crippen molar-refractivity contribution < 1.29 is 4.74 Å². The molecule has 0 radical (unpaired) electrons. The molecule has 3 unspecified atom stereocenters. The lowest BCUT2D eigenvalue weighted by Gasteiger charge is -2.42. The van der Waals surface area contributed by atoms with Crippen molar-refractivity contribution in [2.45, 2.75) is 65.1 Å². The van der Waals surface area contributed by atoms with Crippen molar-refractivity contribution in [2.24, 2.45) is 5.92 Å². The van der Waals surface area contributed by atoms with Gasteiger partial charge in [0.25, 0.3) is 0 Å². The van der Waals surface area contributed by atoms with E-state index in [-0.39, 0.29) is 0 Å². The summed E-state index contributed by atoms with van der Waals surface area (Å²) in [6.45, 7) is 12.3. The van der Waals surface area contributed by atoms with E-state index in [9.17, 15) is 0 Å². The lowest BCUT2D eigenvalue weighted by atomic mass is 9.87. The highest BCUT2D eigenvalue weighted by molar-refractivity contribution is 4.87. The van der Waals surface area contributed by atoms with Gasteiger partial charge in [0.15, 0.2) is 0 Å². The van der Waals surface area contributed by atoms with Gasteiger partial charge in [0, 0.05) is 18.7 Å². The molecule has 18 heavy (non-hydrogen) atoms. The number of unbranched alkanes of at least 4 members (excludes halogenated alkanes) is 1. The standard InChI is InChI=1S/C15H32N2O/c1-12(2)18-11-7-6-9-17-10-8-15(16-5)13(3)14(17)4/h12-16H,6-11H2,1-5H3. The second kappa shape index (κ2) is 8.13. The molecule has 0 spiro atoms. The molecule has 1 fully saturated rings. The monoisotopic (exact) mass is 256 g/mol. The quantitative estimate of drug-likeness (QED) is 0.708. The van der Waals surface area contributed by atoms with Crippen molar-refractivity contribution in [3.63, 3.8) is 0 Å². The second-order valence-corrected chi connectivity index (χ2v) is 5.95. The third-order valence-electron chi connectivity index (χ3n) is 4.36. The van der Waals surface area contributed by atoms with Crippen molar-refractivity contribution in [3.05, 3.63) is 0 Å². The highest BCUT2D eigenvalue weighted by atomic mass is 16.5. The van der Waals surface area contributed by atoms with Crippen LogP contribution in [0.2, 0.25) is 0 Å². The Kier molecular flexibility index (Phi) is 7.20. The molecular formula is C15H32N2O. The van der Waals surface area contributed by atoms with Crippen molar-refractivity contribution in [1.29, 1.82) is 0 Å². The first-order valence-electron chi connectivity index (χ1n) is 7.59. The number of hydrogen-bond acceptors (Lipinski definition) is 3. The number of ether oxygens (including phenoxy) is 1. The van der Waals surface area contributed by atoms with E-state index in [4.69, 9.17) is 4.74 Å². The van der Waals surface area contributed by atoms with Gasteiger partial charge >= 0.3 is 0 Å². The van der Waals surface area contributed by atoms with Crippen molar-refractivity contribution in [3.8, 4) is 0 Å². The van der Waals surface area contributed by atoms with Gasteiger partial charge in [0.1, 0.15) is 0 Å². The van der Waals surface area contributed by atoms with Crippen LogP contribution in [0.15, 0.2) is 0 Å². The molecule has 1 rings (SSSR count). The maximum Gasteiger partial charge on any atom is 0.0518 e. The smallest absolute Gasteiger partial charge is 0.0518 e. The number of rotatable bonds is 7. The fraction of sp³-hybridized carbons (Fsp3) is 1.00. The molecule has 3 heteroatoms. The molecule has 0 aromatic heterocycles. The van der Waals surface area contributed by atoms with Crippen LogP contribution in [0.25, 0.3) is 0 Å². The summed E-state index contributed by atoms with van der Waals surface area (Å²) >= 11 is 0. The minimum absolute atomic E-state index is 0.371. The zero-order valence-corrected chi connectivity index (χ0v) is 12.9. The minimum Gasteiger partial charge on any atom is -0.379 e. The van der Waals surface area contributed by atoms with Crippen LogP contribution in [-0.2, 0) is 4.74 Å². The maximum atomic E-state index is 5.59. The van der Waals surface area contributed by atoms with Crippen LogP contribution in [0.4, 0.5) is 0 Å². The van der Waals surface area contributed by atoms with Gasteiger partial charge < -0.3 is 15.0 Å². The Hall–Kier alpha value is -0.120. The molecule has 3 atom stereocenters. The Morgan fingerprint density at radius 2 is 2.00 bits per heavy atom. The number of piperidine rings is 1. The molecule has 0 bridgehead atoms. The molecule has 108 valence electrons. The van der Waals surface area contributed by atoms with Gasteiger partial charge in [-0.25, -0.2) is 0 Å². The lowest BCUT2D eigenvalue weighted by Crippen LogP contribution is -2.52. The molecule has 3 nitrogen and oxygen atoms in total. The first kappa shape index (κ1) is 15.9. The van der Waals surface area contributed by atoms with Crippen LogP contribution in [-0.4, -0.2) is 49.8 Å². The zero-order chi connectivity index (χ0) is 13.5. The van der Waals surface area contributed by atoms with E-state index in [1.54, 1.807) is 0 Å². The van der Waals surface area contributed by atoms with Crippen LogP contribution in [0.3, 0.4) is 0 Å². The molecule has 0 aromatic rings. The van der Waals surface area contributed by atoms with Gasteiger partial charge in [0.2, 0.25) is 0 Å². The number of nitrogens with one attached hydrogen (secondary N) is 1. The zero-order valence-electron chi connectivity index (χ0n) is 12.9. The van der Waals surface area contributed by atoms with Crippen LogP contribution in [0.5, 0.6) is 0 Å². The topological polar surface area (TPSA) is 24.5 Å². The van der Waals surface area contributed by atoms with E-state index in [1.165, 1.54) is 32.4 Å². The Labute approximate surface area is 113 Å². The Bertz CT molecular complexity index is 221. The van der Waals surface area contributed by atoms with Gasteiger partial charge in [-0.1, -0.05) is 6.92 Å². The molecule has 1 saturated heterocycles. The van der Waals surface area contributed by atoms with E-state index < -0.39 is 0 Å². The summed E-state index contributed by atoms with van der Waals surface area (Å²) in [6.07, 6.45) is 4.10. The van der Waals surface area contributed by atoms with Gasteiger partial charge in [-0.15, -0.1) is 0 Å². The Balaban J connectivity index is 2.19. The van der Waals surface area contributed by atoms with E-state index >= 15 is 0 Å². The largest absolute Gasteiger partial charge is 0.379 e. The van der Waals surface area contributed by atoms with E-state index in [0.29, 0.717) is 18.2 Å². The fourth-order valence-corrected chi connectivity index (χ4v) is 2.90. The Morgan fingerprint density at radius 1 is 1.28 bits per heavy atom. The van der Waals surface area contributed by atoms with E-state index in [1.807, 2.05) is 0 Å². The van der Waals surface area contributed by atoms with Crippen LogP contribution < -0.4 is 5.32 Å². The third kappa shape index (κ3) is 4.87. The van der Waals surface area contributed by atoms with E-state index in [2.05, 4.69) is 45.0 Å². The number of likely N-dealkylation sites (tertiary alicyclic amines) is 1. The average molecular weight is 256 g/mol. The predicted molar refractivity (Wildman–Crippen MR) is 78.0 cm³/mol. The molecular weight excluding hydrogens is 224 g/mol. The highest BCUT2D eigenvalue weighted by Crippen LogP contribution is 2.23. The summed E-state index contributed by atoms with van der Waals surface area (Å²) in [5.74, 6) is 0.746. The van der Waals surface area contributed by atoms with Gasteiger partial charge in [-0.05, 0) is 66.1 Å². The average Bonchev–Trinajstić information content (AvgIpc) is 2.33. The number of hydrogen-bond donors (Lipinski definition) is 1. The van der Waals surface area contributed by atoms with Crippen LogP contribution in [0, 0.1) is 5.92 Å². The molecule has 1 aliphatic heterocycles. The first-order valence-corrected chi connectivity index (χ1v) is 7.59. The summed E-state index contributed by atoms with van der Waals surface area (Å²) in [5, 5.41) is 3.45. The summed E-state index contributed by atoms with van der Waals surface area (Å²) in [4.78, 5) is 2.65. The summed E-state index contributed by atoms with van der Waals surface area (Å²) in [7, 11) is 2.09. The molecule has 1 N–H and O–H groups in total. The van der Waals surface area contributed by atoms with E-state index in [0.717, 1.165) is 12.5 Å². The molecule has 0 aromatic carbocycles. The van der Waals surface area contributed by atoms with Crippen molar-refractivity contribution in [1.82, 2.24) is 10.2 Å². The molecule has 0 aliphatic carbocycles. The first-order chi connectivity index (χ1) is 8.56. The minimum atomic E-state index is 0.371. The Morgan fingerprint density at radius 3 is 2.61 bits per heavy atom. The second-order valence-electron chi connectivity index (χ2n) is 5.95. The molecule has 0 amide bonds.